The van der Waals surface area contributed by atoms with E-state index in [0.29, 0.717) is 44.2 Å². The summed E-state index contributed by atoms with van der Waals surface area (Å²) in [6.45, 7) is 7.19. The van der Waals surface area contributed by atoms with Gasteiger partial charge in [0.2, 0.25) is 0 Å². The molecule has 1 N–H and O–H groups in total. The van der Waals surface area contributed by atoms with E-state index in [-0.39, 0.29) is 18.4 Å². The first-order valence-corrected chi connectivity index (χ1v) is 11.0. The molecule has 3 heterocycles. The van der Waals surface area contributed by atoms with Gasteiger partial charge in [-0.05, 0) is 58.4 Å². The second kappa shape index (κ2) is 7.98. The third kappa shape index (κ3) is 4.43. The Morgan fingerprint density at radius 2 is 2.10 bits per heavy atom. The maximum Gasteiger partial charge on any atom is 0.410 e. The minimum Gasteiger partial charge on any atom is -0.444 e. The van der Waals surface area contributed by atoms with Crippen LogP contribution in [0.4, 0.5) is 4.79 Å². The fraction of sp³-hybridized carbons (Fsp3) is 0.682. The number of piperidine rings is 1. The van der Waals surface area contributed by atoms with Crippen molar-refractivity contribution in [3.8, 4) is 6.07 Å². The smallest absolute Gasteiger partial charge is 0.410 e. The van der Waals surface area contributed by atoms with Crippen molar-refractivity contribution < 1.29 is 14.3 Å². The quantitative estimate of drug-likeness (QED) is 0.739. The lowest BCUT2D eigenvalue weighted by atomic mass is 9.83. The highest BCUT2D eigenvalue weighted by Crippen LogP contribution is 2.40. The highest BCUT2D eigenvalue weighted by Gasteiger charge is 2.50. The number of nitriles is 1. The molecule has 2 saturated heterocycles. The topological polar surface area (TPSA) is 110 Å². The Hall–Kier alpha value is -2.89. The second-order valence-electron chi connectivity index (χ2n) is 9.78. The fourth-order valence-electron chi connectivity index (χ4n) is 4.29. The number of likely N-dealkylation sites (tertiary alicyclic amines) is 1. The lowest BCUT2D eigenvalue weighted by Gasteiger charge is -2.47. The molecule has 3 fully saturated rings. The first-order valence-electron chi connectivity index (χ1n) is 11.0. The number of fused-ring (bicyclic) bond motifs is 1. The van der Waals surface area contributed by atoms with Gasteiger partial charge >= 0.3 is 6.09 Å². The molecule has 3 aliphatic heterocycles. The molecule has 9 heteroatoms. The molecule has 0 radical (unpaired) electrons. The van der Waals surface area contributed by atoms with E-state index >= 15 is 0 Å². The summed E-state index contributed by atoms with van der Waals surface area (Å²) in [5, 5.41) is 11.6. The molecular weight excluding hydrogens is 396 g/mol. The Bertz CT molecular complexity index is 882. The standard InChI is InChI=1S/C22H30N6O3/c1-21(2,3)31-20(30)27-12-8-22(7-10-23,9-13-27)28-16-6-11-24-19(29)17(16)18(26-28)25-14-15-4-5-15/h6,11,15,17H,4-5,7-9,12-14H2,1-3H3,(H,25,26). The molecule has 9 nitrogen and oxygen atoms in total. The highest BCUT2D eigenvalue weighted by atomic mass is 16.6. The van der Waals surface area contributed by atoms with Gasteiger partial charge in [0, 0.05) is 25.8 Å². The van der Waals surface area contributed by atoms with Crippen molar-refractivity contribution in [1.82, 2.24) is 15.3 Å². The molecule has 4 rings (SSSR count). The normalized spacial score (nSPS) is 26.3. The predicted octanol–water partition coefficient (Wildman–Crippen LogP) is 2.41. The summed E-state index contributed by atoms with van der Waals surface area (Å²) in [6.07, 6.45) is 6.80. The third-order valence-corrected chi connectivity index (χ3v) is 6.19. The second-order valence-corrected chi connectivity index (χ2v) is 9.78. The lowest BCUT2D eigenvalue weighted by Crippen LogP contribution is -2.58. The van der Waals surface area contributed by atoms with Crippen LogP contribution >= 0.6 is 0 Å². The van der Waals surface area contributed by atoms with Crippen LogP contribution in [0, 0.1) is 23.2 Å². The van der Waals surface area contributed by atoms with Gasteiger partial charge in [0.25, 0.3) is 5.91 Å². The van der Waals surface area contributed by atoms with Gasteiger partial charge in [-0.25, -0.2) is 9.79 Å². The van der Waals surface area contributed by atoms with E-state index < -0.39 is 17.1 Å². The maximum absolute atomic E-state index is 12.6. The van der Waals surface area contributed by atoms with Gasteiger partial charge in [-0.3, -0.25) is 20.2 Å². The first-order chi connectivity index (χ1) is 14.7. The number of nitrogens with zero attached hydrogens (tertiary/aromatic N) is 5. The SMILES string of the molecule is CC(C)(C)OC(=O)N1CCC(CC#N)(N2NC(=NCC3CC3)C3C(=O)N=CC=C32)CC1. The monoisotopic (exact) mass is 426 g/mol. The van der Waals surface area contributed by atoms with Crippen LogP contribution in [-0.4, -0.2) is 64.7 Å². The number of carbonyl (C=O) groups is 2. The number of ether oxygens (including phenoxy) is 1. The Balaban J connectivity index is 1.55. The van der Waals surface area contributed by atoms with Gasteiger partial charge in [-0.2, -0.15) is 5.26 Å². The Morgan fingerprint density at radius 3 is 2.71 bits per heavy atom. The molecule has 0 aromatic carbocycles. The zero-order chi connectivity index (χ0) is 22.2. The van der Waals surface area contributed by atoms with E-state index in [2.05, 4.69) is 16.5 Å². The van der Waals surface area contributed by atoms with Crippen LogP contribution < -0.4 is 5.43 Å². The molecule has 0 aromatic rings. The van der Waals surface area contributed by atoms with Gasteiger partial charge in [-0.1, -0.05) is 0 Å². The zero-order valence-electron chi connectivity index (χ0n) is 18.4. The number of allylic oxidation sites excluding steroid dienone is 1. The first kappa shape index (κ1) is 21.3. The molecule has 0 aromatic heterocycles. The largest absolute Gasteiger partial charge is 0.444 e. The molecular formula is C22H30N6O3. The van der Waals surface area contributed by atoms with Crippen LogP contribution in [0.25, 0.3) is 0 Å². The molecule has 4 aliphatic rings. The minimum atomic E-state index is -0.554. The van der Waals surface area contributed by atoms with Crippen LogP contribution in [0.15, 0.2) is 21.8 Å². The highest BCUT2D eigenvalue weighted by molar-refractivity contribution is 6.12. The van der Waals surface area contributed by atoms with Crippen LogP contribution in [0.3, 0.4) is 0 Å². The average molecular weight is 427 g/mol. The number of hydrazine groups is 1. The Labute approximate surface area is 182 Å². The molecule has 1 atom stereocenters. The number of rotatable bonds is 4. The van der Waals surface area contributed by atoms with E-state index in [0.717, 1.165) is 5.70 Å². The lowest BCUT2D eigenvalue weighted by molar-refractivity contribution is -0.119. The van der Waals surface area contributed by atoms with Crippen molar-refractivity contribution >= 4 is 24.1 Å². The summed E-state index contributed by atoms with van der Waals surface area (Å²) in [4.78, 5) is 35.4. The van der Waals surface area contributed by atoms with Crippen molar-refractivity contribution in [2.24, 2.45) is 21.8 Å². The summed E-state index contributed by atoms with van der Waals surface area (Å²) in [7, 11) is 0. The summed E-state index contributed by atoms with van der Waals surface area (Å²) in [5.74, 6) is 0.443. The van der Waals surface area contributed by atoms with Gasteiger partial charge in [0.05, 0.1) is 23.7 Å². The molecule has 1 saturated carbocycles. The van der Waals surface area contributed by atoms with E-state index in [1.54, 1.807) is 4.90 Å². The molecule has 0 spiro atoms. The number of dihydropyridines is 1. The summed E-state index contributed by atoms with van der Waals surface area (Å²) in [6, 6.07) is 2.32. The fourth-order valence-corrected chi connectivity index (χ4v) is 4.29. The molecule has 2 amide bonds. The molecule has 166 valence electrons. The van der Waals surface area contributed by atoms with Crippen molar-refractivity contribution in [2.75, 3.05) is 19.6 Å². The number of hydrogen-bond donors (Lipinski definition) is 1. The van der Waals surface area contributed by atoms with Crippen LogP contribution in [0.2, 0.25) is 0 Å². The predicted molar refractivity (Wildman–Crippen MR) is 115 cm³/mol. The number of hydrogen-bond acceptors (Lipinski definition) is 6. The number of amides is 2. The minimum absolute atomic E-state index is 0.236. The van der Waals surface area contributed by atoms with Crippen LogP contribution in [0.5, 0.6) is 0 Å². The molecule has 1 unspecified atom stereocenters. The Kier molecular flexibility index (Phi) is 5.50. The van der Waals surface area contributed by atoms with Gasteiger partial charge < -0.3 is 9.64 Å². The third-order valence-electron chi connectivity index (χ3n) is 6.19. The number of amidine groups is 1. The maximum atomic E-state index is 12.6. The van der Waals surface area contributed by atoms with Gasteiger partial charge in [-0.15, -0.1) is 0 Å². The van der Waals surface area contributed by atoms with E-state index in [4.69, 9.17) is 9.73 Å². The van der Waals surface area contributed by atoms with Gasteiger partial charge in [0.1, 0.15) is 17.4 Å². The molecule has 31 heavy (non-hydrogen) atoms. The van der Waals surface area contributed by atoms with Crippen molar-refractivity contribution in [1.29, 1.82) is 5.26 Å². The summed E-state index contributed by atoms with van der Waals surface area (Å²) in [5.41, 5.74) is 3.04. The van der Waals surface area contributed by atoms with Crippen molar-refractivity contribution in [3.63, 3.8) is 0 Å². The average Bonchev–Trinajstić information content (AvgIpc) is 3.45. The van der Waals surface area contributed by atoms with Crippen molar-refractivity contribution in [2.45, 2.75) is 64.0 Å². The number of carbonyl (C=O) groups excluding carboxylic acids is 2. The molecule has 1 aliphatic carbocycles. The van der Waals surface area contributed by atoms with Crippen molar-refractivity contribution in [3.05, 3.63) is 11.8 Å². The zero-order valence-corrected chi connectivity index (χ0v) is 18.4. The molecule has 0 bridgehead atoms. The summed E-state index contributed by atoms with van der Waals surface area (Å²) >= 11 is 0. The number of aliphatic imine (C=N–C) groups is 2. The van der Waals surface area contributed by atoms with E-state index in [1.165, 1.54) is 19.1 Å². The van der Waals surface area contributed by atoms with Crippen LogP contribution in [0.1, 0.15) is 52.9 Å². The number of nitrogens with one attached hydrogen (secondary N) is 1. The van der Waals surface area contributed by atoms with E-state index in [9.17, 15) is 14.9 Å². The van der Waals surface area contributed by atoms with Gasteiger partial charge in [0.15, 0.2) is 0 Å². The van der Waals surface area contributed by atoms with E-state index in [1.807, 2.05) is 31.9 Å². The Morgan fingerprint density at radius 1 is 1.39 bits per heavy atom. The summed E-state index contributed by atoms with van der Waals surface area (Å²) < 4.78 is 5.51. The van der Waals surface area contributed by atoms with Crippen LogP contribution in [-0.2, 0) is 9.53 Å².